The number of carbonyl (C=O) groups is 1. The van der Waals surface area contributed by atoms with E-state index in [2.05, 4.69) is 12.2 Å². The molecule has 106 valence electrons. The lowest BCUT2D eigenvalue weighted by atomic mass is 10.2. The van der Waals surface area contributed by atoms with Crippen LogP contribution in [0.1, 0.15) is 29.4 Å². The van der Waals surface area contributed by atoms with Crippen LogP contribution in [0.3, 0.4) is 0 Å². The monoisotopic (exact) mass is 290 g/mol. The number of ether oxygens (including phenoxy) is 1. The van der Waals surface area contributed by atoms with Crippen molar-refractivity contribution in [3.05, 3.63) is 23.1 Å². The van der Waals surface area contributed by atoms with Gasteiger partial charge in [0.05, 0.1) is 18.2 Å². The van der Waals surface area contributed by atoms with Gasteiger partial charge < -0.3 is 15.8 Å². The van der Waals surface area contributed by atoms with Gasteiger partial charge in [-0.25, -0.2) is 0 Å². The van der Waals surface area contributed by atoms with Crippen molar-refractivity contribution < 1.29 is 9.53 Å². The van der Waals surface area contributed by atoms with E-state index < -0.39 is 0 Å². The Balaban J connectivity index is 1.95. The normalized spacial score (nSPS) is 16.1. The van der Waals surface area contributed by atoms with Crippen molar-refractivity contribution in [1.82, 2.24) is 5.32 Å². The number of hydrogen-bond acceptors (Lipinski definition) is 4. The predicted molar refractivity (Wildman–Crippen MR) is 82.4 cm³/mol. The number of methoxy groups -OCH3 is 1. The van der Waals surface area contributed by atoms with Crippen LogP contribution in [-0.4, -0.2) is 19.1 Å². The van der Waals surface area contributed by atoms with Crippen molar-refractivity contribution in [1.29, 1.82) is 0 Å². The van der Waals surface area contributed by atoms with Crippen LogP contribution >= 0.6 is 11.3 Å². The van der Waals surface area contributed by atoms with Crippen LogP contribution in [0, 0.1) is 5.92 Å². The Labute approximate surface area is 121 Å². The summed E-state index contributed by atoms with van der Waals surface area (Å²) < 4.78 is 6.30. The molecule has 2 aromatic rings. The fourth-order valence-corrected chi connectivity index (χ4v) is 3.51. The summed E-state index contributed by atoms with van der Waals surface area (Å²) in [6.07, 6.45) is 2.41. The van der Waals surface area contributed by atoms with Crippen LogP contribution in [0.5, 0.6) is 5.75 Å². The zero-order valence-corrected chi connectivity index (χ0v) is 12.4. The highest BCUT2D eigenvalue weighted by molar-refractivity contribution is 7.21. The Morgan fingerprint density at radius 3 is 2.90 bits per heavy atom. The van der Waals surface area contributed by atoms with Gasteiger partial charge in [-0.15, -0.1) is 11.3 Å². The largest absolute Gasteiger partial charge is 0.496 e. The maximum atomic E-state index is 12.4. The molecule has 1 fully saturated rings. The Kier molecular flexibility index (Phi) is 3.30. The Morgan fingerprint density at radius 1 is 1.50 bits per heavy atom. The standard InChI is InChI=1S/C15H18N2O2S/c1-8(9-6-7-9)17-15(18)14-13(16)12-10(19-2)4-3-5-11(12)20-14/h3-5,8-9H,6-7,16H2,1-2H3,(H,17,18). The van der Waals surface area contributed by atoms with Gasteiger partial charge in [-0.3, -0.25) is 4.79 Å². The molecule has 1 aliphatic rings. The zero-order valence-electron chi connectivity index (χ0n) is 11.6. The second-order valence-electron chi connectivity index (χ2n) is 5.28. The number of hydrogen-bond donors (Lipinski definition) is 2. The Hall–Kier alpha value is -1.75. The number of rotatable bonds is 4. The fourth-order valence-electron chi connectivity index (χ4n) is 2.47. The van der Waals surface area contributed by atoms with E-state index in [1.54, 1.807) is 7.11 Å². The van der Waals surface area contributed by atoms with E-state index in [0.29, 0.717) is 22.2 Å². The lowest BCUT2D eigenvalue weighted by molar-refractivity contribution is 0.0941. The van der Waals surface area contributed by atoms with E-state index in [4.69, 9.17) is 10.5 Å². The van der Waals surface area contributed by atoms with Gasteiger partial charge in [0.15, 0.2) is 0 Å². The average Bonchev–Trinajstić information content (AvgIpc) is 3.23. The molecule has 0 aliphatic heterocycles. The number of carbonyl (C=O) groups excluding carboxylic acids is 1. The molecule has 20 heavy (non-hydrogen) atoms. The Morgan fingerprint density at radius 2 is 2.25 bits per heavy atom. The van der Waals surface area contributed by atoms with Crippen LogP contribution in [0.4, 0.5) is 5.69 Å². The summed E-state index contributed by atoms with van der Waals surface area (Å²) in [4.78, 5) is 12.9. The number of nitrogens with one attached hydrogen (secondary N) is 1. The third kappa shape index (κ3) is 2.22. The second kappa shape index (κ2) is 4.98. The summed E-state index contributed by atoms with van der Waals surface area (Å²) >= 11 is 1.42. The molecule has 1 aromatic carbocycles. The lowest BCUT2D eigenvalue weighted by Gasteiger charge is -2.12. The summed E-state index contributed by atoms with van der Waals surface area (Å²) in [6.45, 7) is 2.06. The molecule has 0 spiro atoms. The molecule has 5 heteroatoms. The first-order valence-corrected chi connectivity index (χ1v) is 7.59. The average molecular weight is 290 g/mol. The maximum absolute atomic E-state index is 12.4. The fraction of sp³-hybridized carbons (Fsp3) is 0.400. The Bertz CT molecular complexity index is 661. The molecule has 3 N–H and O–H groups in total. The summed E-state index contributed by atoms with van der Waals surface area (Å²) in [5.41, 5.74) is 6.67. The van der Waals surface area contributed by atoms with Crippen molar-refractivity contribution >= 4 is 33.0 Å². The van der Waals surface area contributed by atoms with Crippen molar-refractivity contribution in [2.24, 2.45) is 5.92 Å². The first kappa shape index (κ1) is 13.2. The molecule has 0 radical (unpaired) electrons. The van der Waals surface area contributed by atoms with Crippen molar-refractivity contribution in [2.45, 2.75) is 25.8 Å². The van der Waals surface area contributed by atoms with Crippen LogP contribution in [-0.2, 0) is 0 Å². The summed E-state index contributed by atoms with van der Waals surface area (Å²) in [7, 11) is 1.61. The summed E-state index contributed by atoms with van der Waals surface area (Å²) in [6, 6.07) is 5.94. The lowest BCUT2D eigenvalue weighted by Crippen LogP contribution is -2.33. The molecule has 4 nitrogen and oxygen atoms in total. The van der Waals surface area contributed by atoms with Gasteiger partial charge in [-0.05, 0) is 37.8 Å². The minimum Gasteiger partial charge on any atom is -0.496 e. The summed E-state index contributed by atoms with van der Waals surface area (Å²) in [5.74, 6) is 1.26. The number of nitrogens with two attached hydrogens (primary N) is 1. The van der Waals surface area contributed by atoms with E-state index in [1.807, 2.05) is 18.2 Å². The van der Waals surface area contributed by atoms with Crippen LogP contribution in [0.25, 0.3) is 10.1 Å². The third-order valence-electron chi connectivity index (χ3n) is 3.83. The molecular formula is C15H18N2O2S. The summed E-state index contributed by atoms with van der Waals surface area (Å²) in [5, 5.41) is 3.89. The van der Waals surface area contributed by atoms with Gasteiger partial charge in [-0.1, -0.05) is 6.07 Å². The first-order chi connectivity index (χ1) is 9.61. The van der Waals surface area contributed by atoms with Crippen LogP contribution < -0.4 is 15.8 Å². The number of nitrogen functional groups attached to an aromatic ring is 1. The molecule has 3 rings (SSSR count). The topological polar surface area (TPSA) is 64.3 Å². The van der Waals surface area contributed by atoms with Crippen LogP contribution in [0.2, 0.25) is 0 Å². The molecule has 1 saturated carbocycles. The molecule has 0 bridgehead atoms. The third-order valence-corrected chi connectivity index (χ3v) is 5.00. The smallest absolute Gasteiger partial charge is 0.263 e. The molecule has 1 aromatic heterocycles. The minimum absolute atomic E-state index is 0.0786. The maximum Gasteiger partial charge on any atom is 0.263 e. The van der Waals surface area contributed by atoms with Crippen molar-refractivity contribution in [3.63, 3.8) is 0 Å². The van der Waals surface area contributed by atoms with E-state index in [1.165, 1.54) is 24.2 Å². The highest BCUT2D eigenvalue weighted by atomic mass is 32.1. The minimum atomic E-state index is -0.0786. The van der Waals surface area contributed by atoms with Crippen molar-refractivity contribution in [2.75, 3.05) is 12.8 Å². The van der Waals surface area contributed by atoms with Crippen molar-refractivity contribution in [3.8, 4) is 5.75 Å². The number of anilines is 1. The van der Waals surface area contributed by atoms with Gasteiger partial charge in [0.25, 0.3) is 5.91 Å². The molecular weight excluding hydrogens is 272 g/mol. The van der Waals surface area contributed by atoms with Gasteiger partial charge in [0.1, 0.15) is 10.6 Å². The van der Waals surface area contributed by atoms with E-state index in [-0.39, 0.29) is 11.9 Å². The number of fused-ring (bicyclic) bond motifs is 1. The second-order valence-corrected chi connectivity index (χ2v) is 6.33. The molecule has 1 amide bonds. The van der Waals surface area contributed by atoms with Gasteiger partial charge in [-0.2, -0.15) is 0 Å². The quantitative estimate of drug-likeness (QED) is 0.909. The van der Waals surface area contributed by atoms with E-state index in [9.17, 15) is 4.79 Å². The van der Waals surface area contributed by atoms with Gasteiger partial charge in [0.2, 0.25) is 0 Å². The van der Waals surface area contributed by atoms with Gasteiger partial charge in [0, 0.05) is 10.7 Å². The molecule has 0 saturated heterocycles. The number of thiophene rings is 1. The SMILES string of the molecule is COc1cccc2sc(C(=O)NC(C)C3CC3)c(N)c12. The van der Waals surface area contributed by atoms with E-state index >= 15 is 0 Å². The predicted octanol–water partition coefficient (Wildman–Crippen LogP) is 3.02. The number of amides is 1. The molecule has 1 heterocycles. The van der Waals surface area contributed by atoms with E-state index in [0.717, 1.165) is 10.1 Å². The highest BCUT2D eigenvalue weighted by Gasteiger charge is 2.30. The molecule has 1 atom stereocenters. The first-order valence-electron chi connectivity index (χ1n) is 6.77. The zero-order chi connectivity index (χ0) is 14.3. The highest BCUT2D eigenvalue weighted by Crippen LogP contribution is 2.39. The number of benzene rings is 1. The molecule has 1 unspecified atom stereocenters. The van der Waals surface area contributed by atoms with Gasteiger partial charge >= 0.3 is 0 Å². The van der Waals surface area contributed by atoms with Crippen LogP contribution in [0.15, 0.2) is 18.2 Å². The molecule has 1 aliphatic carbocycles.